The molecule has 0 amide bonds. The van der Waals surface area contributed by atoms with Crippen molar-refractivity contribution in [2.75, 3.05) is 32.8 Å². The maximum absolute atomic E-state index is 5.69. The van der Waals surface area contributed by atoms with Gasteiger partial charge in [0.05, 0.1) is 6.54 Å². The maximum atomic E-state index is 5.69. The summed E-state index contributed by atoms with van der Waals surface area (Å²) in [4.78, 5) is 5.26. The lowest BCUT2D eigenvalue weighted by molar-refractivity contribution is -0.0398. The van der Waals surface area contributed by atoms with E-state index in [4.69, 9.17) is 9.15 Å². The molecule has 0 radical (unpaired) electrons. The first-order chi connectivity index (χ1) is 10.6. The number of hydrogen-bond acceptors (Lipinski definition) is 4. The van der Waals surface area contributed by atoms with E-state index in [0.29, 0.717) is 12.1 Å². The Bertz CT molecular complexity index is 459. The fraction of sp³-hybridized carbons (Fsp3) is 0.778. The smallest absolute Gasteiger partial charge is 0.118 e. The Kier molecular flexibility index (Phi) is 5.21. The molecular formula is C18H30N2O2. The summed E-state index contributed by atoms with van der Waals surface area (Å²) in [5.74, 6) is 2.83. The summed E-state index contributed by atoms with van der Waals surface area (Å²) in [5, 5.41) is 0. The Hall–Kier alpha value is -0.840. The van der Waals surface area contributed by atoms with E-state index in [9.17, 15) is 0 Å². The van der Waals surface area contributed by atoms with Gasteiger partial charge in [-0.2, -0.15) is 0 Å². The van der Waals surface area contributed by atoms with Crippen molar-refractivity contribution in [3.05, 3.63) is 23.7 Å². The molecule has 0 unspecified atom stereocenters. The molecule has 124 valence electrons. The van der Waals surface area contributed by atoms with E-state index in [0.717, 1.165) is 37.2 Å². The fourth-order valence-electron chi connectivity index (χ4n) is 3.71. The highest BCUT2D eigenvalue weighted by Gasteiger charge is 2.36. The fourth-order valence-corrected chi connectivity index (χ4v) is 3.71. The molecule has 4 heteroatoms. The topological polar surface area (TPSA) is 28.9 Å². The Balaban J connectivity index is 1.52. The van der Waals surface area contributed by atoms with E-state index in [1.807, 2.05) is 6.92 Å². The predicted molar refractivity (Wildman–Crippen MR) is 87.9 cm³/mol. The molecule has 2 fully saturated rings. The highest BCUT2D eigenvalue weighted by Crippen LogP contribution is 2.25. The van der Waals surface area contributed by atoms with Crippen LogP contribution in [0.1, 0.15) is 38.2 Å². The van der Waals surface area contributed by atoms with Crippen molar-refractivity contribution >= 4 is 0 Å². The van der Waals surface area contributed by atoms with Gasteiger partial charge in [-0.05, 0) is 37.8 Å². The van der Waals surface area contributed by atoms with E-state index in [1.165, 1.54) is 32.5 Å². The lowest BCUT2D eigenvalue weighted by atomic mass is 9.98. The minimum atomic E-state index is 0.710. The Morgan fingerprint density at radius 1 is 1.18 bits per heavy atom. The summed E-state index contributed by atoms with van der Waals surface area (Å²) in [6.45, 7) is 13.0. The van der Waals surface area contributed by atoms with Crippen LogP contribution in [-0.2, 0) is 11.3 Å². The number of hydrogen-bond donors (Lipinski definition) is 0. The van der Waals surface area contributed by atoms with Gasteiger partial charge in [0.2, 0.25) is 0 Å². The first-order valence-electron chi connectivity index (χ1n) is 8.73. The molecule has 1 aromatic rings. The standard InChI is InChI=1S/C18H30N2O2/c1-14(2)10-20(16-6-8-21-9-7-16)17-11-19(12-17)13-18-5-4-15(3)22-18/h4-5,14,16-17H,6-13H2,1-3H3. The second-order valence-corrected chi connectivity index (χ2v) is 7.29. The van der Waals surface area contributed by atoms with E-state index in [1.54, 1.807) is 0 Å². The molecule has 0 atom stereocenters. The molecule has 3 rings (SSSR count). The van der Waals surface area contributed by atoms with Gasteiger partial charge in [-0.15, -0.1) is 0 Å². The van der Waals surface area contributed by atoms with Crippen LogP contribution in [0, 0.1) is 12.8 Å². The van der Waals surface area contributed by atoms with Crippen molar-refractivity contribution in [3.63, 3.8) is 0 Å². The van der Waals surface area contributed by atoms with Crippen molar-refractivity contribution in [2.45, 2.75) is 52.2 Å². The maximum Gasteiger partial charge on any atom is 0.118 e. The summed E-state index contributed by atoms with van der Waals surface area (Å²) in [6.07, 6.45) is 2.39. The Labute approximate surface area is 134 Å². The number of furan rings is 1. The summed E-state index contributed by atoms with van der Waals surface area (Å²) >= 11 is 0. The largest absolute Gasteiger partial charge is 0.465 e. The Morgan fingerprint density at radius 3 is 2.50 bits per heavy atom. The average molecular weight is 306 g/mol. The number of nitrogens with zero attached hydrogens (tertiary/aromatic N) is 2. The SMILES string of the molecule is Cc1ccc(CN2CC(N(CC(C)C)C3CCOCC3)C2)o1. The molecule has 1 aromatic heterocycles. The molecule has 0 aliphatic carbocycles. The molecule has 0 bridgehead atoms. The van der Waals surface area contributed by atoms with Gasteiger partial charge < -0.3 is 9.15 Å². The third-order valence-corrected chi connectivity index (χ3v) is 4.82. The van der Waals surface area contributed by atoms with Crippen LogP contribution in [0.5, 0.6) is 0 Å². The molecular weight excluding hydrogens is 276 g/mol. The third-order valence-electron chi connectivity index (χ3n) is 4.82. The van der Waals surface area contributed by atoms with Crippen LogP contribution in [0.3, 0.4) is 0 Å². The second kappa shape index (κ2) is 7.16. The molecule has 2 aliphatic heterocycles. The minimum Gasteiger partial charge on any atom is -0.465 e. The van der Waals surface area contributed by atoms with Crippen LogP contribution in [0.15, 0.2) is 16.5 Å². The van der Waals surface area contributed by atoms with Crippen LogP contribution >= 0.6 is 0 Å². The predicted octanol–water partition coefficient (Wildman–Crippen LogP) is 2.91. The summed E-state index contributed by atoms with van der Waals surface area (Å²) in [5.41, 5.74) is 0. The van der Waals surface area contributed by atoms with Crippen molar-refractivity contribution in [1.82, 2.24) is 9.80 Å². The van der Waals surface area contributed by atoms with Gasteiger partial charge >= 0.3 is 0 Å². The molecule has 2 saturated heterocycles. The van der Waals surface area contributed by atoms with Crippen LogP contribution < -0.4 is 0 Å². The van der Waals surface area contributed by atoms with E-state index < -0.39 is 0 Å². The zero-order valence-corrected chi connectivity index (χ0v) is 14.3. The number of likely N-dealkylation sites (tertiary alicyclic amines) is 1. The van der Waals surface area contributed by atoms with E-state index >= 15 is 0 Å². The molecule has 0 aromatic carbocycles. The highest BCUT2D eigenvalue weighted by atomic mass is 16.5. The monoisotopic (exact) mass is 306 g/mol. The van der Waals surface area contributed by atoms with Crippen molar-refractivity contribution in [2.24, 2.45) is 5.92 Å². The van der Waals surface area contributed by atoms with Crippen LogP contribution in [-0.4, -0.2) is 54.7 Å². The van der Waals surface area contributed by atoms with Gasteiger partial charge in [0, 0.05) is 44.9 Å². The molecule has 0 spiro atoms. The van der Waals surface area contributed by atoms with Crippen molar-refractivity contribution in [1.29, 1.82) is 0 Å². The number of aryl methyl sites for hydroxylation is 1. The molecule has 0 N–H and O–H groups in total. The quantitative estimate of drug-likeness (QED) is 0.808. The van der Waals surface area contributed by atoms with Crippen molar-refractivity contribution < 1.29 is 9.15 Å². The van der Waals surface area contributed by atoms with Crippen LogP contribution in [0.25, 0.3) is 0 Å². The van der Waals surface area contributed by atoms with Gasteiger partial charge in [0.25, 0.3) is 0 Å². The molecule has 2 aliphatic rings. The van der Waals surface area contributed by atoms with Crippen LogP contribution in [0.4, 0.5) is 0 Å². The minimum absolute atomic E-state index is 0.710. The third kappa shape index (κ3) is 3.92. The average Bonchev–Trinajstić information content (AvgIpc) is 2.86. The summed E-state index contributed by atoms with van der Waals surface area (Å²) in [6, 6.07) is 5.59. The zero-order chi connectivity index (χ0) is 15.5. The summed E-state index contributed by atoms with van der Waals surface area (Å²) < 4.78 is 11.2. The van der Waals surface area contributed by atoms with Crippen molar-refractivity contribution in [3.8, 4) is 0 Å². The highest BCUT2D eigenvalue weighted by molar-refractivity contribution is 5.06. The molecule has 3 heterocycles. The van der Waals surface area contributed by atoms with Gasteiger partial charge in [-0.3, -0.25) is 9.80 Å². The normalized spacial score (nSPS) is 21.7. The summed E-state index contributed by atoms with van der Waals surface area (Å²) in [7, 11) is 0. The Morgan fingerprint density at radius 2 is 1.91 bits per heavy atom. The zero-order valence-electron chi connectivity index (χ0n) is 14.3. The number of ether oxygens (including phenoxy) is 1. The van der Waals surface area contributed by atoms with Gasteiger partial charge in [0.1, 0.15) is 11.5 Å². The molecule has 0 saturated carbocycles. The lowest BCUT2D eigenvalue weighted by Crippen LogP contribution is -2.62. The lowest BCUT2D eigenvalue weighted by Gasteiger charge is -2.49. The molecule has 4 nitrogen and oxygen atoms in total. The second-order valence-electron chi connectivity index (χ2n) is 7.29. The van der Waals surface area contributed by atoms with Gasteiger partial charge in [-0.1, -0.05) is 13.8 Å². The number of rotatable bonds is 6. The first-order valence-corrected chi connectivity index (χ1v) is 8.73. The molecule has 22 heavy (non-hydrogen) atoms. The van der Waals surface area contributed by atoms with E-state index in [2.05, 4.69) is 35.8 Å². The van der Waals surface area contributed by atoms with E-state index in [-0.39, 0.29) is 0 Å². The van der Waals surface area contributed by atoms with Gasteiger partial charge in [0.15, 0.2) is 0 Å². The van der Waals surface area contributed by atoms with Gasteiger partial charge in [-0.25, -0.2) is 0 Å². The first kappa shape index (κ1) is 16.0. The van der Waals surface area contributed by atoms with Crippen LogP contribution in [0.2, 0.25) is 0 Å².